The maximum absolute atomic E-state index is 12.4. The van der Waals surface area contributed by atoms with E-state index in [1.165, 1.54) is 12.4 Å². The first-order valence-corrected chi connectivity index (χ1v) is 8.09. The highest BCUT2D eigenvalue weighted by atomic mass is 32.2. The fourth-order valence-corrected chi connectivity index (χ4v) is 3.49. The van der Waals surface area contributed by atoms with Crippen molar-refractivity contribution < 1.29 is 22.3 Å². The zero-order valence-electron chi connectivity index (χ0n) is 13.6. The lowest BCUT2D eigenvalue weighted by atomic mass is 9.71. The van der Waals surface area contributed by atoms with Gasteiger partial charge in [-0.25, -0.2) is 9.97 Å². The van der Waals surface area contributed by atoms with Gasteiger partial charge in [-0.1, -0.05) is 13.8 Å². The number of anilines is 1. The molecule has 0 amide bonds. The van der Waals surface area contributed by atoms with Crippen LogP contribution in [0.5, 0.6) is 5.75 Å². The van der Waals surface area contributed by atoms with Crippen molar-refractivity contribution in [1.29, 1.82) is 0 Å². The topological polar surface area (TPSA) is 104 Å². The number of fused-ring (bicyclic) bond motifs is 3. The molecule has 0 bridgehead atoms. The van der Waals surface area contributed by atoms with Crippen LogP contribution in [0.25, 0.3) is 11.3 Å². The van der Waals surface area contributed by atoms with Gasteiger partial charge in [0.15, 0.2) is 12.0 Å². The van der Waals surface area contributed by atoms with Crippen molar-refractivity contribution in [3.05, 3.63) is 39.7 Å². The molecule has 3 rings (SSSR count). The van der Waals surface area contributed by atoms with Gasteiger partial charge < -0.3 is 9.92 Å². The Morgan fingerprint density at radius 3 is 2.65 bits per heavy atom. The standard InChI is InChI=1S/C15H13F3N4O3S/c1-14(2)5-8-7(11-10(14)13(19)21-6-20-11)3-4-9(12(8)22(23)24)25-26-15(16,17)18/h3-4,6H,5H2,1-2H3,(H2,19,20,21). The Bertz CT molecular complexity index is 902. The highest BCUT2D eigenvalue weighted by molar-refractivity contribution is 7.95. The van der Waals surface area contributed by atoms with Crippen molar-refractivity contribution in [2.75, 3.05) is 5.73 Å². The molecule has 0 spiro atoms. The summed E-state index contributed by atoms with van der Waals surface area (Å²) in [6, 6.07) is 2.59. The molecule has 0 radical (unpaired) electrons. The number of halogens is 3. The maximum atomic E-state index is 12.4. The molecule has 138 valence electrons. The van der Waals surface area contributed by atoms with Crippen LogP contribution in [-0.2, 0) is 11.8 Å². The summed E-state index contributed by atoms with van der Waals surface area (Å²) >= 11 is -0.793. The molecule has 1 aromatic carbocycles. The van der Waals surface area contributed by atoms with Crippen molar-refractivity contribution >= 4 is 23.5 Å². The minimum atomic E-state index is -4.68. The van der Waals surface area contributed by atoms with Crippen LogP contribution in [0.4, 0.5) is 24.7 Å². The molecule has 1 aliphatic rings. The lowest BCUT2D eigenvalue weighted by molar-refractivity contribution is -0.386. The average Bonchev–Trinajstić information content (AvgIpc) is 2.50. The molecule has 0 saturated carbocycles. The van der Waals surface area contributed by atoms with E-state index in [4.69, 9.17) is 5.73 Å². The first-order chi connectivity index (χ1) is 12.0. The Hall–Kier alpha value is -2.56. The summed E-state index contributed by atoms with van der Waals surface area (Å²) in [7, 11) is 0. The predicted molar refractivity (Wildman–Crippen MR) is 89.5 cm³/mol. The van der Waals surface area contributed by atoms with Crippen LogP contribution in [0.3, 0.4) is 0 Å². The van der Waals surface area contributed by atoms with Crippen molar-refractivity contribution in [3.8, 4) is 17.0 Å². The number of nitrogen functional groups attached to an aromatic ring is 1. The molecule has 7 nitrogen and oxygen atoms in total. The minimum absolute atomic E-state index is 0.178. The quantitative estimate of drug-likeness (QED) is 0.483. The summed E-state index contributed by atoms with van der Waals surface area (Å²) in [6.45, 7) is 3.63. The van der Waals surface area contributed by atoms with Gasteiger partial charge in [0.1, 0.15) is 12.1 Å². The first-order valence-electron chi connectivity index (χ1n) is 7.35. The third-order valence-corrected chi connectivity index (χ3v) is 4.53. The number of alkyl halides is 3. The number of nitrogens with zero attached hydrogens (tertiary/aromatic N) is 3. The molecule has 11 heteroatoms. The monoisotopic (exact) mass is 386 g/mol. The molecule has 1 aromatic heterocycles. The lowest BCUT2D eigenvalue weighted by Crippen LogP contribution is -2.28. The van der Waals surface area contributed by atoms with E-state index in [2.05, 4.69) is 14.2 Å². The second kappa shape index (κ2) is 6.01. The van der Waals surface area contributed by atoms with E-state index in [9.17, 15) is 23.3 Å². The largest absolute Gasteiger partial charge is 0.479 e. The van der Waals surface area contributed by atoms with E-state index in [-0.39, 0.29) is 17.8 Å². The fraction of sp³-hybridized carbons (Fsp3) is 0.333. The van der Waals surface area contributed by atoms with Gasteiger partial charge in [0, 0.05) is 16.7 Å². The summed E-state index contributed by atoms with van der Waals surface area (Å²) < 4.78 is 41.8. The highest BCUT2D eigenvalue weighted by Gasteiger charge is 2.40. The van der Waals surface area contributed by atoms with Crippen LogP contribution in [0.2, 0.25) is 0 Å². The Labute approximate surface area is 150 Å². The number of aromatic nitrogens is 2. The second-order valence-electron chi connectivity index (χ2n) is 6.35. The second-order valence-corrected chi connectivity index (χ2v) is 7.15. The molecule has 0 fully saturated rings. The van der Waals surface area contributed by atoms with Gasteiger partial charge in [0.25, 0.3) is 0 Å². The molecular formula is C15H13F3N4O3S. The Balaban J connectivity index is 2.21. The van der Waals surface area contributed by atoms with E-state index in [1.54, 1.807) is 0 Å². The number of hydrogen-bond acceptors (Lipinski definition) is 7. The Kier molecular flexibility index (Phi) is 4.21. The molecule has 26 heavy (non-hydrogen) atoms. The zero-order valence-corrected chi connectivity index (χ0v) is 14.4. The maximum Gasteiger partial charge on any atom is 0.479 e. The zero-order chi connectivity index (χ0) is 19.3. The summed E-state index contributed by atoms with van der Waals surface area (Å²) in [5.74, 6) is -0.196. The molecule has 0 atom stereocenters. The van der Waals surface area contributed by atoms with E-state index in [0.29, 0.717) is 16.8 Å². The first kappa shape index (κ1) is 18.2. The van der Waals surface area contributed by atoms with Crippen LogP contribution < -0.4 is 9.92 Å². The summed E-state index contributed by atoms with van der Waals surface area (Å²) in [5, 5.41) is 11.6. The van der Waals surface area contributed by atoms with Crippen LogP contribution in [-0.4, -0.2) is 20.4 Å². The summed E-state index contributed by atoms with van der Waals surface area (Å²) in [6.07, 6.45) is 1.42. The summed E-state index contributed by atoms with van der Waals surface area (Å²) in [4.78, 5) is 19.0. The normalized spacial score (nSPS) is 15.1. The number of rotatable bonds is 3. The summed E-state index contributed by atoms with van der Waals surface area (Å²) in [5.41, 5.74) is 1.90. The molecule has 0 unspecified atom stereocenters. The van der Waals surface area contributed by atoms with Gasteiger partial charge >= 0.3 is 11.2 Å². The van der Waals surface area contributed by atoms with Crippen molar-refractivity contribution in [1.82, 2.24) is 9.97 Å². The molecule has 0 aliphatic heterocycles. The van der Waals surface area contributed by atoms with Crippen molar-refractivity contribution in [2.45, 2.75) is 31.2 Å². The molecule has 0 saturated heterocycles. The smallest absolute Gasteiger partial charge is 0.410 e. The Morgan fingerprint density at radius 2 is 2.04 bits per heavy atom. The van der Waals surface area contributed by atoms with E-state index >= 15 is 0 Å². The number of nitro benzene ring substituents is 1. The molecule has 2 N–H and O–H groups in total. The highest BCUT2D eigenvalue weighted by Crippen LogP contribution is 2.49. The SMILES string of the molecule is CC1(C)Cc2c(ccc(OSC(F)(F)F)c2[N+](=O)[O-])-c2ncnc(N)c21. The van der Waals surface area contributed by atoms with Gasteiger partial charge in [-0.2, -0.15) is 13.2 Å². The lowest BCUT2D eigenvalue weighted by Gasteiger charge is -2.33. The number of nitro groups is 1. The van der Waals surface area contributed by atoms with Gasteiger partial charge in [-0.3, -0.25) is 10.1 Å². The van der Waals surface area contributed by atoms with Gasteiger partial charge in [0.2, 0.25) is 5.75 Å². The van der Waals surface area contributed by atoms with Crippen LogP contribution in [0.15, 0.2) is 18.5 Å². The van der Waals surface area contributed by atoms with E-state index < -0.39 is 39.3 Å². The fourth-order valence-electron chi connectivity index (χ4n) is 3.18. The molecular weight excluding hydrogens is 373 g/mol. The van der Waals surface area contributed by atoms with Crippen molar-refractivity contribution in [3.63, 3.8) is 0 Å². The third kappa shape index (κ3) is 3.14. The number of hydrogen-bond donors (Lipinski definition) is 1. The minimum Gasteiger partial charge on any atom is -0.410 e. The number of nitrogens with two attached hydrogens (primary N) is 1. The van der Waals surface area contributed by atoms with E-state index in [0.717, 1.165) is 6.07 Å². The van der Waals surface area contributed by atoms with Crippen LogP contribution >= 0.6 is 12.0 Å². The van der Waals surface area contributed by atoms with Crippen LogP contribution in [0, 0.1) is 10.1 Å². The van der Waals surface area contributed by atoms with Crippen molar-refractivity contribution in [2.24, 2.45) is 0 Å². The molecule has 2 aromatic rings. The Morgan fingerprint density at radius 1 is 1.35 bits per heavy atom. The van der Waals surface area contributed by atoms with Gasteiger partial charge in [-0.05, 0) is 24.0 Å². The van der Waals surface area contributed by atoms with Gasteiger partial charge in [-0.15, -0.1) is 0 Å². The molecule has 1 aliphatic carbocycles. The third-order valence-electron chi connectivity index (χ3n) is 4.08. The van der Waals surface area contributed by atoms with Gasteiger partial charge in [0.05, 0.1) is 10.6 Å². The predicted octanol–water partition coefficient (Wildman–Crippen LogP) is 4.01. The number of benzene rings is 1. The van der Waals surface area contributed by atoms with E-state index in [1.807, 2.05) is 13.8 Å². The molecule has 1 heterocycles. The van der Waals surface area contributed by atoms with Crippen LogP contribution in [0.1, 0.15) is 25.0 Å². The average molecular weight is 386 g/mol.